The highest BCUT2D eigenvalue weighted by molar-refractivity contribution is 6.42. The van der Waals surface area contributed by atoms with Crippen molar-refractivity contribution < 1.29 is 37.4 Å². The van der Waals surface area contributed by atoms with Gasteiger partial charge in [-0.1, -0.05) is 41.4 Å². The van der Waals surface area contributed by atoms with Gasteiger partial charge in [-0.2, -0.15) is 0 Å². The Morgan fingerprint density at radius 3 is 2.08 bits per heavy atom. The number of rotatable bonds is 10. The summed E-state index contributed by atoms with van der Waals surface area (Å²) in [5.74, 6) is -1.90. The summed E-state index contributed by atoms with van der Waals surface area (Å²) in [6.45, 7) is 0.189. The lowest BCUT2D eigenvalue weighted by Crippen LogP contribution is -2.34. The number of amides is 3. The van der Waals surface area contributed by atoms with Crippen molar-refractivity contribution >= 4 is 46.8 Å². The van der Waals surface area contributed by atoms with Crippen LogP contribution < -0.4 is 15.4 Å². The molecule has 0 aliphatic rings. The standard InChI is InChI=1S/C26H22Cl2F3N3O5/c27-21-10-3-17(13-22(21)28)15-34(25(38)33-19-6-8-20(9-7-19)39-26(29,30)31)14-16-1-4-18(5-2-16)24(37)32-12-11-23(35)36/h1-10,13H,11-12,14-15H2,(H,32,37)(H,33,38)(H,35,36). The summed E-state index contributed by atoms with van der Waals surface area (Å²) in [6.07, 6.45) is -5.04. The summed E-state index contributed by atoms with van der Waals surface area (Å²) in [4.78, 5) is 37.4. The Hall–Kier alpha value is -3.96. The number of ether oxygens (including phenoxy) is 1. The monoisotopic (exact) mass is 583 g/mol. The van der Waals surface area contributed by atoms with Crippen LogP contribution in [0, 0.1) is 0 Å². The van der Waals surface area contributed by atoms with Crippen molar-refractivity contribution in [1.29, 1.82) is 0 Å². The molecule has 3 N–H and O–H groups in total. The van der Waals surface area contributed by atoms with Crippen molar-refractivity contribution in [2.24, 2.45) is 0 Å². The quantitative estimate of drug-likeness (QED) is 0.258. The van der Waals surface area contributed by atoms with E-state index < -0.39 is 30.0 Å². The molecule has 0 saturated heterocycles. The molecule has 0 spiro atoms. The number of carboxylic acid groups (broad SMARTS) is 1. The topological polar surface area (TPSA) is 108 Å². The maximum absolute atomic E-state index is 13.2. The van der Waals surface area contributed by atoms with Gasteiger partial charge in [0.05, 0.1) is 16.5 Å². The van der Waals surface area contributed by atoms with E-state index in [0.29, 0.717) is 26.7 Å². The van der Waals surface area contributed by atoms with Crippen LogP contribution in [-0.2, 0) is 17.9 Å². The zero-order chi connectivity index (χ0) is 28.6. The zero-order valence-electron chi connectivity index (χ0n) is 20.1. The third-order valence-electron chi connectivity index (χ3n) is 5.20. The molecule has 0 fully saturated rings. The van der Waals surface area contributed by atoms with Gasteiger partial charge in [-0.05, 0) is 59.7 Å². The Morgan fingerprint density at radius 2 is 1.49 bits per heavy atom. The molecule has 3 aromatic rings. The highest BCUT2D eigenvalue weighted by Crippen LogP contribution is 2.26. The van der Waals surface area contributed by atoms with Crippen molar-refractivity contribution in [1.82, 2.24) is 10.2 Å². The van der Waals surface area contributed by atoms with Gasteiger partial charge in [-0.15, -0.1) is 13.2 Å². The minimum Gasteiger partial charge on any atom is -0.481 e. The SMILES string of the molecule is O=C(O)CCNC(=O)c1ccc(CN(Cc2ccc(Cl)c(Cl)c2)C(=O)Nc2ccc(OC(F)(F)F)cc2)cc1. The Morgan fingerprint density at radius 1 is 0.872 bits per heavy atom. The fraction of sp³-hybridized carbons (Fsp3) is 0.192. The zero-order valence-corrected chi connectivity index (χ0v) is 21.6. The van der Waals surface area contributed by atoms with Gasteiger partial charge in [-0.25, -0.2) is 4.79 Å². The lowest BCUT2D eigenvalue weighted by molar-refractivity contribution is -0.274. The van der Waals surface area contributed by atoms with Crippen LogP contribution in [0.5, 0.6) is 5.75 Å². The van der Waals surface area contributed by atoms with E-state index >= 15 is 0 Å². The molecule has 0 aliphatic heterocycles. The van der Waals surface area contributed by atoms with Crippen molar-refractivity contribution in [2.75, 3.05) is 11.9 Å². The molecule has 0 unspecified atom stereocenters. The largest absolute Gasteiger partial charge is 0.573 e. The van der Waals surface area contributed by atoms with Crippen LogP contribution in [0.25, 0.3) is 0 Å². The van der Waals surface area contributed by atoms with E-state index in [9.17, 15) is 27.6 Å². The van der Waals surface area contributed by atoms with Crippen molar-refractivity contribution in [2.45, 2.75) is 25.9 Å². The normalized spacial score (nSPS) is 11.0. The molecule has 39 heavy (non-hydrogen) atoms. The third kappa shape index (κ3) is 9.69. The Bertz CT molecular complexity index is 1320. The minimum atomic E-state index is -4.84. The van der Waals surface area contributed by atoms with Crippen LogP contribution in [-0.4, -0.2) is 40.8 Å². The summed E-state index contributed by atoms with van der Waals surface area (Å²) in [5.41, 5.74) is 1.89. The number of benzene rings is 3. The molecule has 0 bridgehead atoms. The van der Waals surface area contributed by atoms with Gasteiger partial charge >= 0.3 is 18.4 Å². The summed E-state index contributed by atoms with van der Waals surface area (Å²) >= 11 is 12.1. The summed E-state index contributed by atoms with van der Waals surface area (Å²) < 4.78 is 41.1. The first-order valence-electron chi connectivity index (χ1n) is 11.3. The van der Waals surface area contributed by atoms with Gasteiger partial charge < -0.3 is 25.4 Å². The predicted octanol–water partition coefficient (Wildman–Crippen LogP) is 6.33. The molecule has 0 heterocycles. The first kappa shape index (κ1) is 29.6. The average Bonchev–Trinajstić information content (AvgIpc) is 2.86. The minimum absolute atomic E-state index is 0.0170. The smallest absolute Gasteiger partial charge is 0.481 e. The number of nitrogens with one attached hydrogen (secondary N) is 2. The maximum Gasteiger partial charge on any atom is 0.573 e. The second-order valence-electron chi connectivity index (χ2n) is 8.20. The highest BCUT2D eigenvalue weighted by atomic mass is 35.5. The molecule has 8 nitrogen and oxygen atoms in total. The van der Waals surface area contributed by atoms with E-state index in [0.717, 1.165) is 12.1 Å². The lowest BCUT2D eigenvalue weighted by atomic mass is 10.1. The maximum atomic E-state index is 13.2. The number of hydrogen-bond acceptors (Lipinski definition) is 4. The van der Waals surface area contributed by atoms with Gasteiger partial charge in [0.1, 0.15) is 5.75 Å². The Labute approximate surface area is 231 Å². The lowest BCUT2D eigenvalue weighted by Gasteiger charge is -2.24. The number of nitrogens with zero attached hydrogens (tertiary/aromatic N) is 1. The molecule has 0 aromatic heterocycles. The van der Waals surface area contributed by atoms with Gasteiger partial charge in [0.15, 0.2) is 0 Å². The van der Waals surface area contributed by atoms with Gasteiger partial charge in [0.25, 0.3) is 5.91 Å². The van der Waals surface area contributed by atoms with E-state index in [4.69, 9.17) is 28.3 Å². The first-order chi connectivity index (χ1) is 18.4. The van der Waals surface area contributed by atoms with Crippen molar-refractivity contribution in [3.63, 3.8) is 0 Å². The molecule has 206 valence electrons. The number of halogens is 5. The van der Waals surface area contributed by atoms with Crippen molar-refractivity contribution in [3.05, 3.63) is 93.5 Å². The van der Waals surface area contributed by atoms with Crippen LogP contribution >= 0.6 is 23.2 Å². The average molecular weight is 584 g/mol. The van der Waals surface area contributed by atoms with E-state index in [-0.39, 0.29) is 31.7 Å². The summed E-state index contributed by atoms with van der Waals surface area (Å²) in [7, 11) is 0. The summed E-state index contributed by atoms with van der Waals surface area (Å²) in [6, 6.07) is 15.4. The number of anilines is 1. The number of carbonyl (C=O) groups is 3. The molecule has 0 atom stereocenters. The van der Waals surface area contributed by atoms with Crippen LogP contribution in [0.4, 0.5) is 23.7 Å². The van der Waals surface area contributed by atoms with E-state index in [1.165, 1.54) is 17.0 Å². The Kier molecular flexibility index (Phi) is 10.0. The Balaban J connectivity index is 1.74. The molecule has 0 saturated carbocycles. The number of aliphatic carboxylic acids is 1. The number of hydrogen-bond donors (Lipinski definition) is 3. The van der Waals surface area contributed by atoms with Gasteiger partial charge in [-0.3, -0.25) is 9.59 Å². The second kappa shape index (κ2) is 13.2. The molecular formula is C26H22Cl2F3N3O5. The van der Waals surface area contributed by atoms with Crippen LogP contribution in [0.15, 0.2) is 66.7 Å². The third-order valence-corrected chi connectivity index (χ3v) is 5.94. The number of urea groups is 1. The molecule has 3 aromatic carbocycles. The molecule has 3 amide bonds. The highest BCUT2D eigenvalue weighted by Gasteiger charge is 2.31. The van der Waals surface area contributed by atoms with E-state index in [1.54, 1.807) is 42.5 Å². The van der Waals surface area contributed by atoms with Crippen LogP contribution in [0.1, 0.15) is 27.9 Å². The van der Waals surface area contributed by atoms with E-state index in [2.05, 4.69) is 15.4 Å². The van der Waals surface area contributed by atoms with E-state index in [1.807, 2.05) is 0 Å². The molecule has 0 aliphatic carbocycles. The predicted molar refractivity (Wildman–Crippen MR) is 139 cm³/mol. The van der Waals surface area contributed by atoms with Gasteiger partial charge in [0, 0.05) is 30.9 Å². The van der Waals surface area contributed by atoms with Crippen LogP contribution in [0.3, 0.4) is 0 Å². The summed E-state index contributed by atoms with van der Waals surface area (Å²) in [5, 5.41) is 14.5. The fourth-order valence-electron chi connectivity index (χ4n) is 3.37. The number of carbonyl (C=O) groups excluding carboxylic acids is 2. The first-order valence-corrected chi connectivity index (χ1v) is 12.1. The molecular weight excluding hydrogens is 562 g/mol. The molecule has 13 heteroatoms. The fourth-order valence-corrected chi connectivity index (χ4v) is 3.69. The van der Waals surface area contributed by atoms with Gasteiger partial charge in [0.2, 0.25) is 0 Å². The van der Waals surface area contributed by atoms with Crippen LogP contribution in [0.2, 0.25) is 10.0 Å². The van der Waals surface area contributed by atoms with Crippen molar-refractivity contribution in [3.8, 4) is 5.75 Å². The molecule has 0 radical (unpaired) electrons. The number of alkyl halides is 3. The molecule has 3 rings (SSSR count). The number of carboxylic acids is 1. The second-order valence-corrected chi connectivity index (χ2v) is 9.02.